The Labute approximate surface area is 111 Å². The Morgan fingerprint density at radius 3 is 2.61 bits per heavy atom. The molecule has 18 heavy (non-hydrogen) atoms. The molecule has 0 aromatic heterocycles. The highest BCUT2D eigenvalue weighted by Gasteiger charge is 2.50. The summed E-state index contributed by atoms with van der Waals surface area (Å²) < 4.78 is 5.52. The van der Waals surface area contributed by atoms with Crippen LogP contribution in [0.15, 0.2) is 12.2 Å². The summed E-state index contributed by atoms with van der Waals surface area (Å²) in [5, 5.41) is 10.5. The number of aliphatic hydroxyl groups excluding tert-OH is 1. The summed E-state index contributed by atoms with van der Waals surface area (Å²) in [6.07, 6.45) is 3.17. The molecule has 2 aliphatic carbocycles. The molecule has 2 aliphatic rings. The number of methoxy groups -OCH3 is 1. The molecule has 0 spiro atoms. The van der Waals surface area contributed by atoms with E-state index in [2.05, 4.69) is 27.4 Å². The molecule has 0 radical (unpaired) electrons. The van der Waals surface area contributed by atoms with Crippen LogP contribution < -0.4 is 0 Å². The zero-order valence-electron chi connectivity index (χ0n) is 12.2. The minimum atomic E-state index is -0.353. The van der Waals surface area contributed by atoms with Crippen molar-refractivity contribution in [1.29, 1.82) is 0 Å². The molecule has 2 heteroatoms. The van der Waals surface area contributed by atoms with E-state index < -0.39 is 0 Å². The lowest BCUT2D eigenvalue weighted by atomic mass is 9.79. The molecule has 0 bridgehead atoms. The Balaban J connectivity index is 2.24. The van der Waals surface area contributed by atoms with Crippen molar-refractivity contribution in [3.63, 3.8) is 0 Å². The third-order valence-electron chi connectivity index (χ3n) is 5.46. The van der Waals surface area contributed by atoms with E-state index in [9.17, 15) is 5.11 Å². The summed E-state index contributed by atoms with van der Waals surface area (Å²) in [7, 11) is 1.72. The number of rotatable bonds is 2. The van der Waals surface area contributed by atoms with Crippen molar-refractivity contribution < 1.29 is 9.84 Å². The number of aliphatic hydroxyl groups is 1. The van der Waals surface area contributed by atoms with Crippen molar-refractivity contribution in [2.75, 3.05) is 7.11 Å². The largest absolute Gasteiger partial charge is 0.390 e. The molecule has 2 nitrogen and oxygen atoms in total. The third kappa shape index (κ3) is 2.25. The van der Waals surface area contributed by atoms with Gasteiger partial charge < -0.3 is 9.84 Å². The summed E-state index contributed by atoms with van der Waals surface area (Å²) in [4.78, 5) is 0. The summed E-state index contributed by atoms with van der Waals surface area (Å²) >= 11 is 0. The molecule has 6 unspecified atom stereocenters. The fourth-order valence-corrected chi connectivity index (χ4v) is 4.21. The molecule has 0 amide bonds. The molecule has 0 aliphatic heterocycles. The predicted octanol–water partition coefficient (Wildman–Crippen LogP) is 3.26. The highest BCUT2D eigenvalue weighted by atomic mass is 16.5. The average Bonchev–Trinajstić information content (AvgIpc) is 2.47. The Bertz CT molecular complexity index is 310. The minimum absolute atomic E-state index is 0.0114. The maximum atomic E-state index is 10.5. The second-order valence-corrected chi connectivity index (χ2v) is 6.68. The summed E-state index contributed by atoms with van der Waals surface area (Å²) in [6, 6.07) is 0. The fourth-order valence-electron chi connectivity index (χ4n) is 4.21. The lowest BCUT2D eigenvalue weighted by molar-refractivity contribution is -0.0192. The molecular formula is C16H28O2. The number of ether oxygens (including phenoxy) is 1. The van der Waals surface area contributed by atoms with Gasteiger partial charge in [0.1, 0.15) is 0 Å². The van der Waals surface area contributed by atoms with Crippen LogP contribution in [0.2, 0.25) is 0 Å². The molecule has 104 valence electrons. The van der Waals surface area contributed by atoms with Crippen LogP contribution in [0.25, 0.3) is 0 Å². The normalized spacial score (nSPS) is 45.1. The molecule has 2 rings (SSSR count). The van der Waals surface area contributed by atoms with Gasteiger partial charge in [-0.2, -0.15) is 0 Å². The van der Waals surface area contributed by atoms with Gasteiger partial charge in [-0.1, -0.05) is 32.9 Å². The standard InChI is InChI=1S/C16H28O2/c1-9(2)12-7-6-10(3)14-13(8-12)11(4)16(18-5)15(14)17/h9,11-17H,3,6-8H2,1-2,4-5H3. The third-order valence-corrected chi connectivity index (χ3v) is 5.46. The molecule has 2 saturated carbocycles. The number of fused-ring (bicyclic) bond motifs is 1. The van der Waals surface area contributed by atoms with Gasteiger partial charge in [0, 0.05) is 13.0 Å². The van der Waals surface area contributed by atoms with Crippen molar-refractivity contribution >= 4 is 0 Å². The molecule has 6 atom stereocenters. The molecule has 0 aromatic carbocycles. The summed E-state index contributed by atoms with van der Waals surface area (Å²) in [5.41, 5.74) is 1.25. The molecule has 1 N–H and O–H groups in total. The van der Waals surface area contributed by atoms with Crippen molar-refractivity contribution in [3.8, 4) is 0 Å². The topological polar surface area (TPSA) is 29.5 Å². The SMILES string of the molecule is C=C1CCC(C(C)C)CC2C(C)C(OC)C(O)C12. The van der Waals surface area contributed by atoms with E-state index in [0.29, 0.717) is 11.8 Å². The van der Waals surface area contributed by atoms with Gasteiger partial charge in [-0.05, 0) is 42.9 Å². The van der Waals surface area contributed by atoms with Crippen LogP contribution in [0.4, 0.5) is 0 Å². The molecule has 0 saturated heterocycles. The quantitative estimate of drug-likeness (QED) is 0.764. The maximum absolute atomic E-state index is 10.5. The van der Waals surface area contributed by atoms with Crippen LogP contribution in [0.1, 0.15) is 40.0 Å². The first-order valence-corrected chi connectivity index (χ1v) is 7.35. The molecule has 2 fully saturated rings. The number of hydrogen-bond donors (Lipinski definition) is 1. The molecule has 0 heterocycles. The second kappa shape index (κ2) is 5.34. The fraction of sp³-hybridized carbons (Fsp3) is 0.875. The van der Waals surface area contributed by atoms with Gasteiger partial charge in [0.25, 0.3) is 0 Å². The van der Waals surface area contributed by atoms with E-state index >= 15 is 0 Å². The Hall–Kier alpha value is -0.340. The Morgan fingerprint density at radius 1 is 1.39 bits per heavy atom. The highest BCUT2D eigenvalue weighted by molar-refractivity contribution is 5.15. The zero-order valence-corrected chi connectivity index (χ0v) is 12.2. The van der Waals surface area contributed by atoms with Gasteiger partial charge in [-0.15, -0.1) is 0 Å². The van der Waals surface area contributed by atoms with Crippen LogP contribution in [-0.2, 0) is 4.74 Å². The van der Waals surface area contributed by atoms with Crippen molar-refractivity contribution in [3.05, 3.63) is 12.2 Å². The van der Waals surface area contributed by atoms with Gasteiger partial charge in [0.2, 0.25) is 0 Å². The Morgan fingerprint density at radius 2 is 2.06 bits per heavy atom. The van der Waals surface area contributed by atoms with Gasteiger partial charge in [0.15, 0.2) is 0 Å². The number of hydrogen-bond acceptors (Lipinski definition) is 2. The van der Waals surface area contributed by atoms with E-state index in [4.69, 9.17) is 4.74 Å². The van der Waals surface area contributed by atoms with E-state index in [1.165, 1.54) is 18.4 Å². The van der Waals surface area contributed by atoms with Gasteiger partial charge in [0.05, 0.1) is 12.2 Å². The first-order chi connectivity index (χ1) is 8.47. The van der Waals surface area contributed by atoms with Crippen LogP contribution in [0.5, 0.6) is 0 Å². The first kappa shape index (κ1) is 14.1. The van der Waals surface area contributed by atoms with Crippen LogP contribution in [0.3, 0.4) is 0 Å². The minimum Gasteiger partial charge on any atom is -0.390 e. The van der Waals surface area contributed by atoms with E-state index in [1.54, 1.807) is 7.11 Å². The highest BCUT2D eigenvalue weighted by Crippen LogP contribution is 2.50. The monoisotopic (exact) mass is 252 g/mol. The summed E-state index contributed by atoms with van der Waals surface area (Å²) in [5.74, 6) is 2.73. The van der Waals surface area contributed by atoms with Gasteiger partial charge in [-0.3, -0.25) is 0 Å². The van der Waals surface area contributed by atoms with Crippen LogP contribution >= 0.6 is 0 Å². The van der Waals surface area contributed by atoms with Crippen molar-refractivity contribution in [2.24, 2.45) is 29.6 Å². The zero-order chi connectivity index (χ0) is 13.4. The van der Waals surface area contributed by atoms with E-state index in [-0.39, 0.29) is 18.1 Å². The lowest BCUT2D eigenvalue weighted by Gasteiger charge is -2.26. The van der Waals surface area contributed by atoms with Crippen LogP contribution in [-0.4, -0.2) is 24.4 Å². The molecule has 0 aromatic rings. The van der Waals surface area contributed by atoms with Gasteiger partial charge in [-0.25, -0.2) is 0 Å². The van der Waals surface area contributed by atoms with E-state index in [1.807, 2.05) is 0 Å². The van der Waals surface area contributed by atoms with Crippen LogP contribution in [0, 0.1) is 29.6 Å². The smallest absolute Gasteiger partial charge is 0.0872 e. The average molecular weight is 252 g/mol. The lowest BCUT2D eigenvalue weighted by Crippen LogP contribution is -2.30. The second-order valence-electron chi connectivity index (χ2n) is 6.68. The maximum Gasteiger partial charge on any atom is 0.0872 e. The molecular weight excluding hydrogens is 224 g/mol. The predicted molar refractivity (Wildman–Crippen MR) is 74.3 cm³/mol. The first-order valence-electron chi connectivity index (χ1n) is 7.35. The Kier molecular flexibility index (Phi) is 4.18. The van der Waals surface area contributed by atoms with Crippen molar-refractivity contribution in [2.45, 2.75) is 52.2 Å². The van der Waals surface area contributed by atoms with E-state index in [0.717, 1.165) is 18.3 Å². The van der Waals surface area contributed by atoms with Gasteiger partial charge >= 0.3 is 0 Å². The summed E-state index contributed by atoms with van der Waals surface area (Å²) in [6.45, 7) is 11.1. The van der Waals surface area contributed by atoms with Crippen molar-refractivity contribution in [1.82, 2.24) is 0 Å².